The quantitative estimate of drug-likeness (QED) is 0.0730. The van der Waals surface area contributed by atoms with E-state index >= 15 is 0 Å². The molecule has 0 bridgehead atoms. The van der Waals surface area contributed by atoms with Crippen LogP contribution in [-0.4, -0.2) is 54.0 Å². The second-order valence-corrected chi connectivity index (χ2v) is 21.1. The molecule has 0 radical (unpaired) electrons. The summed E-state index contributed by atoms with van der Waals surface area (Å²) in [7, 11) is -0.466. The van der Waals surface area contributed by atoms with Gasteiger partial charge in [-0.15, -0.1) is 11.3 Å². The molecular formula is C42H44BrFN4O6SSi. The Labute approximate surface area is 339 Å². The smallest absolute Gasteiger partial charge is 0.347 e. The molecule has 0 unspecified atom stereocenters. The zero-order valence-corrected chi connectivity index (χ0v) is 35.8. The summed E-state index contributed by atoms with van der Waals surface area (Å²) in [5.74, 6) is 1.02. The van der Waals surface area contributed by atoms with Crippen LogP contribution in [0.1, 0.15) is 44.5 Å². The molecule has 3 heterocycles. The Morgan fingerprint density at radius 1 is 0.964 bits per heavy atom. The lowest BCUT2D eigenvalue weighted by molar-refractivity contribution is -0.151. The molecule has 56 heavy (non-hydrogen) atoms. The number of halogens is 2. The normalized spacial score (nSPS) is 12.4. The Kier molecular flexibility index (Phi) is 12.8. The van der Waals surface area contributed by atoms with Gasteiger partial charge in [-0.3, -0.25) is 0 Å². The Bertz CT molecular complexity index is 2320. The molecule has 0 aliphatic heterocycles. The molecule has 0 N–H and O–H groups in total. The first-order chi connectivity index (χ1) is 26.8. The van der Waals surface area contributed by atoms with Crippen LogP contribution in [0.5, 0.6) is 17.4 Å². The van der Waals surface area contributed by atoms with Crippen LogP contribution >= 0.6 is 27.3 Å². The largest absolute Gasteiger partial charge is 0.496 e. The van der Waals surface area contributed by atoms with Crippen LogP contribution in [0.25, 0.3) is 32.0 Å². The summed E-state index contributed by atoms with van der Waals surface area (Å²) in [5, 5.41) is 0.616. The molecular weight excluding hydrogens is 816 g/mol. The topological polar surface area (TPSA) is 115 Å². The van der Waals surface area contributed by atoms with Gasteiger partial charge < -0.3 is 23.4 Å². The molecule has 0 aliphatic carbocycles. The highest BCUT2D eigenvalue weighted by Gasteiger charge is 2.37. The number of fused-ring (bicyclic) bond motifs is 1. The summed E-state index contributed by atoms with van der Waals surface area (Å²) in [6, 6.07) is 21.4. The zero-order chi connectivity index (χ0) is 40.0. The summed E-state index contributed by atoms with van der Waals surface area (Å²) in [5.41, 5.74) is 3.85. The first-order valence-electron chi connectivity index (χ1n) is 18.1. The van der Waals surface area contributed by atoms with Gasteiger partial charge in [0.2, 0.25) is 12.0 Å². The van der Waals surface area contributed by atoms with Crippen molar-refractivity contribution in [2.75, 3.05) is 13.7 Å². The summed E-state index contributed by atoms with van der Waals surface area (Å²) in [4.78, 5) is 33.3. The van der Waals surface area contributed by atoms with Crippen LogP contribution in [0.15, 0.2) is 89.8 Å². The van der Waals surface area contributed by atoms with E-state index in [1.807, 2.05) is 42.5 Å². The zero-order valence-electron chi connectivity index (χ0n) is 32.4. The molecule has 6 rings (SSSR count). The SMILES string of the molecule is CCOC(=O)[C@@H](Cc1cc(CO[Si](C)(C)C(C)(C)C)ccc1OCc1ccnc(-c2ccccc2OC)n1)Oc1ncnc2sc(-c3ccc(F)cc3)c(Br)c12. The number of methoxy groups -OCH3 is 1. The number of para-hydroxylation sites is 1. The lowest BCUT2D eigenvalue weighted by Gasteiger charge is -2.36. The number of nitrogens with zero attached hydrogens (tertiary/aromatic N) is 4. The second-order valence-electron chi connectivity index (χ2n) is 14.5. The van der Waals surface area contributed by atoms with E-state index in [1.165, 1.54) is 29.8 Å². The molecule has 292 valence electrons. The molecule has 0 aliphatic rings. The van der Waals surface area contributed by atoms with Gasteiger partial charge in [-0.25, -0.2) is 29.1 Å². The Balaban J connectivity index is 1.33. The molecule has 0 amide bonds. The van der Waals surface area contributed by atoms with E-state index in [0.29, 0.717) is 49.9 Å². The van der Waals surface area contributed by atoms with Crippen LogP contribution < -0.4 is 14.2 Å². The number of aromatic nitrogens is 4. The fraction of sp³-hybridized carbons (Fsp3) is 0.310. The van der Waals surface area contributed by atoms with Crippen LogP contribution in [0.3, 0.4) is 0 Å². The minimum absolute atomic E-state index is 0.0251. The summed E-state index contributed by atoms with van der Waals surface area (Å²) in [6.45, 7) is 13.5. The van der Waals surface area contributed by atoms with Crippen LogP contribution in [0.2, 0.25) is 18.1 Å². The maximum atomic E-state index is 13.8. The molecule has 3 aromatic carbocycles. The van der Waals surface area contributed by atoms with Crippen molar-refractivity contribution in [1.82, 2.24) is 19.9 Å². The third-order valence-corrected chi connectivity index (χ3v) is 16.4. The van der Waals surface area contributed by atoms with Crippen molar-refractivity contribution < 1.29 is 32.6 Å². The average molecular weight is 860 g/mol. The van der Waals surface area contributed by atoms with E-state index in [0.717, 1.165) is 21.6 Å². The van der Waals surface area contributed by atoms with Gasteiger partial charge >= 0.3 is 5.97 Å². The predicted octanol–water partition coefficient (Wildman–Crippen LogP) is 10.4. The average Bonchev–Trinajstić information content (AvgIpc) is 3.53. The van der Waals surface area contributed by atoms with Crippen molar-refractivity contribution in [2.45, 2.75) is 71.6 Å². The number of thiophene rings is 1. The van der Waals surface area contributed by atoms with Gasteiger partial charge in [-0.05, 0) is 100 Å². The third-order valence-electron chi connectivity index (χ3n) is 9.68. The van der Waals surface area contributed by atoms with Crippen LogP contribution in [0.4, 0.5) is 4.39 Å². The van der Waals surface area contributed by atoms with Gasteiger partial charge in [0.25, 0.3) is 0 Å². The van der Waals surface area contributed by atoms with Crippen LogP contribution in [0, 0.1) is 5.82 Å². The monoisotopic (exact) mass is 858 g/mol. The molecule has 0 saturated carbocycles. The maximum Gasteiger partial charge on any atom is 0.347 e. The Morgan fingerprint density at radius 2 is 1.73 bits per heavy atom. The molecule has 3 aromatic heterocycles. The minimum atomic E-state index is -2.08. The lowest BCUT2D eigenvalue weighted by atomic mass is 10.0. The lowest BCUT2D eigenvalue weighted by Crippen LogP contribution is -2.40. The molecule has 6 aromatic rings. The molecule has 0 saturated heterocycles. The van der Waals surface area contributed by atoms with Crippen molar-refractivity contribution in [3.05, 3.63) is 112 Å². The summed E-state index contributed by atoms with van der Waals surface area (Å²) < 4.78 is 45.0. The van der Waals surface area contributed by atoms with Gasteiger partial charge in [-0.1, -0.05) is 51.1 Å². The number of ether oxygens (including phenoxy) is 4. The highest BCUT2D eigenvalue weighted by molar-refractivity contribution is 9.10. The minimum Gasteiger partial charge on any atom is -0.496 e. The van der Waals surface area contributed by atoms with Gasteiger partial charge in [-0.2, -0.15) is 0 Å². The first-order valence-corrected chi connectivity index (χ1v) is 22.7. The van der Waals surface area contributed by atoms with Crippen LogP contribution in [-0.2, 0) is 33.6 Å². The summed E-state index contributed by atoms with van der Waals surface area (Å²) in [6.07, 6.45) is 2.07. The molecule has 10 nitrogen and oxygen atoms in total. The molecule has 0 fully saturated rings. The number of rotatable bonds is 15. The van der Waals surface area contributed by atoms with Gasteiger partial charge in [0.1, 0.15) is 35.1 Å². The van der Waals surface area contributed by atoms with E-state index in [2.05, 4.69) is 64.7 Å². The fourth-order valence-electron chi connectivity index (χ4n) is 5.58. The van der Waals surface area contributed by atoms with Crippen molar-refractivity contribution in [3.63, 3.8) is 0 Å². The molecule has 1 atom stereocenters. The number of hydrogen-bond acceptors (Lipinski definition) is 11. The number of benzene rings is 3. The Morgan fingerprint density at radius 3 is 2.46 bits per heavy atom. The highest BCUT2D eigenvalue weighted by atomic mass is 79.9. The van der Waals surface area contributed by atoms with E-state index in [4.69, 9.17) is 28.4 Å². The standard InChI is InChI=1S/C42H44BrFN4O6SSi/c1-8-51-41(49)34(54-39-35-36(43)37(55-40(35)47-25-46-39)27-14-16-29(44)17-15-27)22-28-21-26(23-53-56(6,7)42(2,3)4)13-18-32(28)52-24-30-19-20-45-38(48-30)31-11-9-10-12-33(31)50-5/h9-21,25,34H,8,22-24H2,1-7H3/t34-/m1/s1. The molecule has 14 heteroatoms. The van der Waals surface area contributed by atoms with E-state index in [-0.39, 0.29) is 36.4 Å². The maximum absolute atomic E-state index is 13.8. The second kappa shape index (κ2) is 17.6. The number of hydrogen-bond donors (Lipinski definition) is 0. The highest BCUT2D eigenvalue weighted by Crippen LogP contribution is 2.45. The molecule has 0 spiro atoms. The first kappa shape index (κ1) is 40.9. The van der Waals surface area contributed by atoms with Gasteiger partial charge in [0.15, 0.2) is 14.1 Å². The van der Waals surface area contributed by atoms with E-state index in [1.54, 1.807) is 38.4 Å². The summed E-state index contributed by atoms with van der Waals surface area (Å²) >= 11 is 5.12. The number of carbonyl (C=O) groups excluding carboxylic acids is 1. The van der Waals surface area contributed by atoms with Crippen molar-refractivity contribution in [1.29, 1.82) is 0 Å². The van der Waals surface area contributed by atoms with E-state index in [9.17, 15) is 9.18 Å². The van der Waals surface area contributed by atoms with E-state index < -0.39 is 20.4 Å². The predicted molar refractivity (Wildman–Crippen MR) is 222 cm³/mol. The van der Waals surface area contributed by atoms with Crippen molar-refractivity contribution >= 4 is 51.8 Å². The van der Waals surface area contributed by atoms with Crippen molar-refractivity contribution in [2.24, 2.45) is 0 Å². The third kappa shape index (κ3) is 9.43. The van der Waals surface area contributed by atoms with Crippen molar-refractivity contribution in [3.8, 4) is 39.2 Å². The van der Waals surface area contributed by atoms with Gasteiger partial charge in [0.05, 0.1) is 46.3 Å². The Hall–Kier alpha value is -4.76. The number of carbonyl (C=O) groups is 1. The van der Waals surface area contributed by atoms with Gasteiger partial charge in [0, 0.05) is 12.6 Å². The number of esters is 1. The fourth-order valence-corrected chi connectivity index (χ4v) is 8.54.